The highest BCUT2D eigenvalue weighted by molar-refractivity contribution is 9.10. The third-order valence-electron chi connectivity index (χ3n) is 4.63. The van der Waals surface area contributed by atoms with E-state index in [1.807, 2.05) is 0 Å². The van der Waals surface area contributed by atoms with Crippen molar-refractivity contribution in [3.63, 3.8) is 0 Å². The second kappa shape index (κ2) is 9.86. The molecule has 0 saturated carbocycles. The van der Waals surface area contributed by atoms with E-state index in [1.165, 1.54) is 12.1 Å². The Hall–Kier alpha value is -3.34. The van der Waals surface area contributed by atoms with E-state index in [-0.39, 0.29) is 17.9 Å². The number of carbonyl (C=O) groups excluding carboxylic acids is 3. The van der Waals surface area contributed by atoms with Gasteiger partial charge in [0.05, 0.1) is 10.2 Å². The summed E-state index contributed by atoms with van der Waals surface area (Å²) in [7, 11) is 0. The third-order valence-corrected chi connectivity index (χ3v) is 5.63. The Balaban J connectivity index is 2.04. The molecule has 1 fully saturated rings. The lowest BCUT2D eigenvalue weighted by molar-refractivity contribution is -0.122. The predicted molar refractivity (Wildman–Crippen MR) is 128 cm³/mol. The van der Waals surface area contributed by atoms with Crippen molar-refractivity contribution < 1.29 is 19.1 Å². The molecule has 3 rings (SSSR count). The zero-order chi connectivity index (χ0) is 23.4. The molecule has 6 nitrogen and oxygen atoms in total. The van der Waals surface area contributed by atoms with Gasteiger partial charge in [0.1, 0.15) is 17.9 Å². The maximum absolute atomic E-state index is 13.1. The summed E-state index contributed by atoms with van der Waals surface area (Å²) in [6.07, 6.45) is 8.86. The predicted octanol–water partition coefficient (Wildman–Crippen LogP) is 4.82. The number of barbiturate groups is 1. The highest BCUT2D eigenvalue weighted by atomic mass is 79.9. The summed E-state index contributed by atoms with van der Waals surface area (Å²) >= 11 is 9.59. The van der Waals surface area contributed by atoms with Gasteiger partial charge in [0, 0.05) is 5.02 Å². The van der Waals surface area contributed by atoms with E-state index in [2.05, 4.69) is 33.7 Å². The van der Waals surface area contributed by atoms with Crippen LogP contribution in [0.25, 0.3) is 6.08 Å². The van der Waals surface area contributed by atoms with Crippen LogP contribution in [-0.4, -0.2) is 24.5 Å². The Morgan fingerprint density at radius 2 is 2.03 bits per heavy atom. The average molecular weight is 514 g/mol. The molecule has 1 N–H and O–H groups in total. The van der Waals surface area contributed by atoms with Crippen molar-refractivity contribution >= 4 is 57.1 Å². The molecular formula is C24H18BrClN2O4. The van der Waals surface area contributed by atoms with Crippen LogP contribution in [0.3, 0.4) is 0 Å². The van der Waals surface area contributed by atoms with Crippen LogP contribution in [0.1, 0.15) is 16.7 Å². The van der Waals surface area contributed by atoms with E-state index < -0.39 is 17.8 Å². The van der Waals surface area contributed by atoms with Gasteiger partial charge in [-0.05, 0) is 76.3 Å². The average Bonchev–Trinajstić information content (AvgIpc) is 2.73. The summed E-state index contributed by atoms with van der Waals surface area (Å²) in [5, 5.41) is 2.59. The lowest BCUT2D eigenvalue weighted by Gasteiger charge is -2.26. The number of anilines is 1. The van der Waals surface area contributed by atoms with E-state index >= 15 is 0 Å². The van der Waals surface area contributed by atoms with Crippen LogP contribution in [0.5, 0.6) is 5.75 Å². The number of carbonyl (C=O) groups is 3. The number of hydrogen-bond donors (Lipinski definition) is 1. The highest BCUT2D eigenvalue weighted by Crippen LogP contribution is 2.33. The number of terminal acetylenes is 1. The third kappa shape index (κ3) is 4.77. The first-order valence-corrected chi connectivity index (χ1v) is 10.6. The molecule has 2 aromatic carbocycles. The molecule has 0 aliphatic carbocycles. The fourth-order valence-corrected chi connectivity index (χ4v) is 3.93. The van der Waals surface area contributed by atoms with Crippen molar-refractivity contribution in [3.8, 4) is 18.1 Å². The van der Waals surface area contributed by atoms with Crippen molar-refractivity contribution in [2.45, 2.75) is 13.3 Å². The second-order valence-electron chi connectivity index (χ2n) is 6.87. The number of hydrogen-bond acceptors (Lipinski definition) is 4. The maximum atomic E-state index is 13.1. The zero-order valence-corrected chi connectivity index (χ0v) is 19.4. The number of halogens is 2. The number of ether oxygens (including phenoxy) is 1. The molecule has 0 atom stereocenters. The first-order valence-electron chi connectivity index (χ1n) is 9.44. The number of rotatable bonds is 6. The number of urea groups is 1. The van der Waals surface area contributed by atoms with Crippen LogP contribution in [-0.2, 0) is 16.0 Å². The fourth-order valence-electron chi connectivity index (χ4n) is 3.12. The van der Waals surface area contributed by atoms with Gasteiger partial charge >= 0.3 is 6.03 Å². The molecular weight excluding hydrogens is 496 g/mol. The van der Waals surface area contributed by atoms with Crippen molar-refractivity contribution in [3.05, 3.63) is 74.7 Å². The first kappa shape index (κ1) is 23.3. The monoisotopic (exact) mass is 512 g/mol. The molecule has 1 aliphatic heterocycles. The quantitative estimate of drug-likeness (QED) is 0.260. The molecule has 0 radical (unpaired) electrons. The Morgan fingerprint density at radius 3 is 2.69 bits per heavy atom. The van der Waals surface area contributed by atoms with Gasteiger partial charge in [0.15, 0.2) is 0 Å². The lowest BCUT2D eigenvalue weighted by atomic mass is 10.0. The van der Waals surface area contributed by atoms with Crippen LogP contribution >= 0.6 is 27.5 Å². The minimum absolute atomic E-state index is 0.0836. The Kier molecular flexibility index (Phi) is 7.18. The number of allylic oxidation sites excluding steroid dienone is 1. The number of nitrogens with one attached hydrogen (secondary N) is 1. The molecule has 0 aromatic heterocycles. The molecule has 0 bridgehead atoms. The molecule has 1 saturated heterocycles. The van der Waals surface area contributed by atoms with Gasteiger partial charge in [-0.15, -0.1) is 13.0 Å². The molecule has 0 spiro atoms. The van der Waals surface area contributed by atoms with Crippen LogP contribution in [0.4, 0.5) is 10.5 Å². The van der Waals surface area contributed by atoms with Crippen LogP contribution < -0.4 is 15.0 Å². The summed E-state index contributed by atoms with van der Waals surface area (Å²) in [5.41, 5.74) is 2.16. The maximum Gasteiger partial charge on any atom is 0.335 e. The highest BCUT2D eigenvalue weighted by Gasteiger charge is 2.37. The summed E-state index contributed by atoms with van der Waals surface area (Å²) in [6.45, 7) is 5.63. The summed E-state index contributed by atoms with van der Waals surface area (Å²) < 4.78 is 6.20. The van der Waals surface area contributed by atoms with Gasteiger partial charge < -0.3 is 4.74 Å². The summed E-state index contributed by atoms with van der Waals surface area (Å²) in [4.78, 5) is 38.9. The lowest BCUT2D eigenvalue weighted by Crippen LogP contribution is -2.54. The van der Waals surface area contributed by atoms with E-state index in [0.717, 1.165) is 16.0 Å². The fraction of sp³-hybridized carbons (Fsp3) is 0.125. The van der Waals surface area contributed by atoms with Crippen molar-refractivity contribution in [1.82, 2.24) is 5.32 Å². The standard InChI is InChI=1S/C24H18BrClN2O4/c1-4-6-16-10-15(12-19(25)21(16)32-9-5-2)11-18-22(29)27-24(31)28(23(18)30)17-8-7-14(3)20(26)13-17/h2,4,7-8,10-13H,1,6,9H2,3H3,(H,27,29,31)/b18-11-. The molecule has 32 heavy (non-hydrogen) atoms. The Bertz CT molecular complexity index is 1210. The number of benzene rings is 2. The first-order chi connectivity index (χ1) is 15.3. The summed E-state index contributed by atoms with van der Waals surface area (Å²) in [6, 6.07) is 7.38. The largest absolute Gasteiger partial charge is 0.479 e. The Morgan fingerprint density at radius 1 is 1.28 bits per heavy atom. The van der Waals surface area contributed by atoms with Gasteiger partial charge in [-0.3, -0.25) is 14.9 Å². The zero-order valence-electron chi connectivity index (χ0n) is 17.1. The van der Waals surface area contributed by atoms with Crippen molar-refractivity contribution in [2.24, 2.45) is 0 Å². The molecule has 4 amide bonds. The van der Waals surface area contributed by atoms with Crippen molar-refractivity contribution in [2.75, 3.05) is 11.5 Å². The van der Waals surface area contributed by atoms with E-state index in [4.69, 9.17) is 22.8 Å². The topological polar surface area (TPSA) is 75.7 Å². The van der Waals surface area contributed by atoms with Crippen LogP contribution in [0.15, 0.2) is 53.0 Å². The number of imide groups is 2. The Labute approximate surface area is 199 Å². The molecule has 0 unspecified atom stereocenters. The number of aryl methyl sites for hydroxylation is 1. The van der Waals surface area contributed by atoms with Crippen LogP contribution in [0, 0.1) is 19.3 Å². The van der Waals surface area contributed by atoms with Gasteiger partial charge in [0.25, 0.3) is 11.8 Å². The molecule has 1 heterocycles. The normalized spacial score (nSPS) is 14.9. The van der Waals surface area contributed by atoms with Gasteiger partial charge in [-0.1, -0.05) is 29.7 Å². The molecule has 1 aliphatic rings. The van der Waals surface area contributed by atoms with Gasteiger partial charge in [0.2, 0.25) is 0 Å². The smallest absolute Gasteiger partial charge is 0.335 e. The van der Waals surface area contributed by atoms with Gasteiger partial charge in [-0.25, -0.2) is 9.69 Å². The summed E-state index contributed by atoms with van der Waals surface area (Å²) in [5.74, 6) is 1.42. The molecule has 2 aromatic rings. The minimum Gasteiger partial charge on any atom is -0.479 e. The molecule has 162 valence electrons. The van der Waals surface area contributed by atoms with E-state index in [9.17, 15) is 14.4 Å². The minimum atomic E-state index is -0.844. The molecule has 8 heteroatoms. The number of amides is 4. The second-order valence-corrected chi connectivity index (χ2v) is 8.13. The SMILES string of the molecule is C#CCOc1c(Br)cc(/C=C2/C(=O)NC(=O)N(c3ccc(C)c(Cl)c3)C2=O)cc1CC=C. The van der Waals surface area contributed by atoms with Crippen molar-refractivity contribution in [1.29, 1.82) is 0 Å². The van der Waals surface area contributed by atoms with Crippen LogP contribution in [0.2, 0.25) is 5.02 Å². The van der Waals surface area contributed by atoms with E-state index in [1.54, 1.807) is 37.3 Å². The number of nitrogens with zero attached hydrogens (tertiary/aromatic N) is 1. The van der Waals surface area contributed by atoms with E-state index in [0.29, 0.717) is 27.2 Å². The van der Waals surface area contributed by atoms with Gasteiger partial charge in [-0.2, -0.15) is 0 Å².